The van der Waals surface area contributed by atoms with Crippen molar-refractivity contribution in [1.82, 2.24) is 9.88 Å². The summed E-state index contributed by atoms with van der Waals surface area (Å²) in [7, 11) is 1.94. The summed E-state index contributed by atoms with van der Waals surface area (Å²) in [5.41, 5.74) is -0.311. The maximum absolute atomic E-state index is 12.4. The molecule has 5 heteroatoms. The average molecular weight is 295 g/mol. The Morgan fingerprint density at radius 1 is 1.50 bits per heavy atom. The zero-order valence-corrected chi connectivity index (χ0v) is 14.0. The van der Waals surface area contributed by atoms with E-state index in [1.165, 1.54) is 4.88 Å². The molecule has 0 radical (unpaired) electrons. The van der Waals surface area contributed by atoms with Crippen molar-refractivity contribution in [2.75, 3.05) is 25.0 Å². The van der Waals surface area contributed by atoms with E-state index in [1.54, 1.807) is 11.3 Å². The van der Waals surface area contributed by atoms with Crippen molar-refractivity contribution in [3.63, 3.8) is 0 Å². The fourth-order valence-electron chi connectivity index (χ4n) is 2.63. The Balaban J connectivity index is 2.05. The highest BCUT2D eigenvalue weighted by molar-refractivity contribution is 7.15. The number of piperidine rings is 1. The third kappa shape index (κ3) is 3.32. The standard InChI is InChI=1S/C15H25N3OS/c1-11-9-16-14(20-11)18-8-6-7-12(10-18)17(5)13(19)15(2,3)4/h9,12H,6-8,10H2,1-5H3. The van der Waals surface area contributed by atoms with Crippen molar-refractivity contribution in [3.05, 3.63) is 11.1 Å². The lowest BCUT2D eigenvalue weighted by molar-refractivity contribution is -0.140. The number of rotatable bonds is 2. The normalized spacial score (nSPS) is 20.1. The molecule has 0 bridgehead atoms. The van der Waals surface area contributed by atoms with Crippen LogP contribution in [0.1, 0.15) is 38.5 Å². The lowest BCUT2D eigenvalue weighted by Crippen LogP contribution is -2.51. The van der Waals surface area contributed by atoms with Gasteiger partial charge in [-0.25, -0.2) is 4.98 Å². The van der Waals surface area contributed by atoms with Crippen LogP contribution in [0.25, 0.3) is 0 Å². The van der Waals surface area contributed by atoms with E-state index in [-0.39, 0.29) is 11.3 Å². The van der Waals surface area contributed by atoms with E-state index in [4.69, 9.17) is 0 Å². The number of aromatic nitrogens is 1. The number of anilines is 1. The molecule has 1 fully saturated rings. The van der Waals surface area contributed by atoms with Crippen LogP contribution in [0.5, 0.6) is 0 Å². The molecule has 0 spiro atoms. The number of aryl methyl sites for hydroxylation is 1. The second kappa shape index (κ2) is 5.72. The van der Waals surface area contributed by atoms with Gasteiger partial charge in [0.05, 0.1) is 0 Å². The fraction of sp³-hybridized carbons (Fsp3) is 0.733. The Morgan fingerprint density at radius 3 is 2.75 bits per heavy atom. The quantitative estimate of drug-likeness (QED) is 0.841. The molecule has 20 heavy (non-hydrogen) atoms. The molecule has 0 aliphatic carbocycles. The Labute approximate surface area is 125 Å². The van der Waals surface area contributed by atoms with Crippen LogP contribution in [0.2, 0.25) is 0 Å². The van der Waals surface area contributed by atoms with Crippen LogP contribution in [0, 0.1) is 12.3 Å². The predicted octanol–water partition coefficient (Wildman–Crippen LogP) is 2.92. The molecule has 1 atom stereocenters. The lowest BCUT2D eigenvalue weighted by Gasteiger charge is -2.39. The molecular weight excluding hydrogens is 270 g/mol. The summed E-state index contributed by atoms with van der Waals surface area (Å²) in [4.78, 5) is 22.4. The van der Waals surface area contributed by atoms with E-state index in [2.05, 4.69) is 16.8 Å². The molecule has 112 valence electrons. The number of likely N-dealkylation sites (N-methyl/N-ethyl adjacent to an activating group) is 1. The molecule has 1 aliphatic rings. The molecule has 1 aliphatic heterocycles. The molecule has 1 saturated heterocycles. The van der Waals surface area contributed by atoms with Crippen LogP contribution < -0.4 is 4.90 Å². The zero-order chi connectivity index (χ0) is 14.9. The molecule has 2 rings (SSSR count). The maximum atomic E-state index is 12.4. The number of thiazole rings is 1. The Kier molecular flexibility index (Phi) is 4.37. The molecule has 0 N–H and O–H groups in total. The highest BCUT2D eigenvalue weighted by atomic mass is 32.1. The minimum Gasteiger partial charge on any atom is -0.346 e. The van der Waals surface area contributed by atoms with Gasteiger partial charge in [0.1, 0.15) is 0 Å². The van der Waals surface area contributed by atoms with Gasteiger partial charge in [-0.1, -0.05) is 20.8 Å². The number of carbonyl (C=O) groups is 1. The Morgan fingerprint density at radius 2 is 2.20 bits per heavy atom. The van der Waals surface area contributed by atoms with Gasteiger partial charge in [0.2, 0.25) is 5.91 Å². The summed E-state index contributed by atoms with van der Waals surface area (Å²) in [5, 5.41) is 1.09. The summed E-state index contributed by atoms with van der Waals surface area (Å²) in [6.07, 6.45) is 4.12. The first-order valence-electron chi connectivity index (χ1n) is 7.23. The van der Waals surface area contributed by atoms with E-state index in [9.17, 15) is 4.79 Å². The number of carbonyl (C=O) groups excluding carboxylic acids is 1. The summed E-state index contributed by atoms with van der Waals surface area (Å²) in [6.45, 7) is 9.97. The summed E-state index contributed by atoms with van der Waals surface area (Å²) in [6, 6.07) is 0.291. The van der Waals surface area contributed by atoms with Crippen LogP contribution in [0.3, 0.4) is 0 Å². The maximum Gasteiger partial charge on any atom is 0.227 e. The largest absolute Gasteiger partial charge is 0.346 e. The van der Waals surface area contributed by atoms with E-state index >= 15 is 0 Å². The number of nitrogens with zero attached hydrogens (tertiary/aromatic N) is 3. The number of hydrogen-bond donors (Lipinski definition) is 0. The average Bonchev–Trinajstić information content (AvgIpc) is 2.83. The van der Waals surface area contributed by atoms with Crippen LogP contribution in [0.4, 0.5) is 5.13 Å². The first-order valence-corrected chi connectivity index (χ1v) is 8.05. The topological polar surface area (TPSA) is 36.4 Å². The molecule has 1 unspecified atom stereocenters. The molecule has 1 aromatic rings. The molecule has 4 nitrogen and oxygen atoms in total. The number of hydrogen-bond acceptors (Lipinski definition) is 4. The Bertz CT molecular complexity index is 478. The predicted molar refractivity (Wildman–Crippen MR) is 84.3 cm³/mol. The van der Waals surface area contributed by atoms with Crippen molar-refractivity contribution >= 4 is 22.4 Å². The molecular formula is C15H25N3OS. The van der Waals surface area contributed by atoms with Crippen molar-refractivity contribution in [1.29, 1.82) is 0 Å². The smallest absolute Gasteiger partial charge is 0.227 e. The van der Waals surface area contributed by atoms with Gasteiger partial charge in [0.15, 0.2) is 5.13 Å². The minimum absolute atomic E-state index is 0.222. The molecule has 1 amide bonds. The highest BCUT2D eigenvalue weighted by Gasteiger charge is 2.32. The van der Waals surface area contributed by atoms with E-state index < -0.39 is 0 Å². The van der Waals surface area contributed by atoms with E-state index in [0.29, 0.717) is 6.04 Å². The molecule has 2 heterocycles. The van der Waals surface area contributed by atoms with Crippen LogP contribution >= 0.6 is 11.3 Å². The van der Waals surface area contributed by atoms with Gasteiger partial charge in [-0.05, 0) is 19.8 Å². The monoisotopic (exact) mass is 295 g/mol. The lowest BCUT2D eigenvalue weighted by atomic mass is 9.93. The Hall–Kier alpha value is -1.10. The van der Waals surface area contributed by atoms with Gasteiger partial charge in [0, 0.05) is 42.7 Å². The van der Waals surface area contributed by atoms with Crippen molar-refractivity contribution in [2.24, 2.45) is 5.41 Å². The van der Waals surface area contributed by atoms with Crippen molar-refractivity contribution in [2.45, 2.75) is 46.6 Å². The summed E-state index contributed by atoms with van der Waals surface area (Å²) < 4.78 is 0. The zero-order valence-electron chi connectivity index (χ0n) is 13.1. The van der Waals surface area contributed by atoms with Crippen LogP contribution in [-0.4, -0.2) is 42.0 Å². The van der Waals surface area contributed by atoms with Crippen molar-refractivity contribution < 1.29 is 4.79 Å². The molecule has 0 saturated carbocycles. The first-order chi connectivity index (χ1) is 9.29. The van der Waals surface area contributed by atoms with Crippen LogP contribution in [-0.2, 0) is 4.79 Å². The molecule has 0 aromatic carbocycles. The minimum atomic E-state index is -0.311. The van der Waals surface area contributed by atoms with Gasteiger partial charge in [-0.2, -0.15) is 0 Å². The number of amides is 1. The molecule has 1 aromatic heterocycles. The van der Waals surface area contributed by atoms with Gasteiger partial charge in [-0.15, -0.1) is 11.3 Å². The SMILES string of the molecule is Cc1cnc(N2CCCC(N(C)C(=O)C(C)(C)C)C2)s1. The van der Waals surface area contributed by atoms with E-state index in [1.807, 2.05) is 38.9 Å². The third-order valence-electron chi connectivity index (χ3n) is 3.79. The summed E-state index contributed by atoms with van der Waals surface area (Å²) >= 11 is 1.73. The van der Waals surface area contributed by atoms with Gasteiger partial charge >= 0.3 is 0 Å². The van der Waals surface area contributed by atoms with Gasteiger partial charge < -0.3 is 9.80 Å². The first kappa shape index (κ1) is 15.3. The second-order valence-electron chi connectivity index (χ2n) is 6.66. The second-order valence-corrected chi connectivity index (χ2v) is 7.87. The van der Waals surface area contributed by atoms with Crippen molar-refractivity contribution in [3.8, 4) is 0 Å². The summed E-state index contributed by atoms with van der Waals surface area (Å²) in [5.74, 6) is 0.222. The van der Waals surface area contributed by atoms with Crippen LogP contribution in [0.15, 0.2) is 6.20 Å². The van der Waals surface area contributed by atoms with Gasteiger partial charge in [-0.3, -0.25) is 4.79 Å². The third-order valence-corrected chi connectivity index (χ3v) is 4.76. The highest BCUT2D eigenvalue weighted by Crippen LogP contribution is 2.27. The fourth-order valence-corrected chi connectivity index (χ4v) is 3.42. The van der Waals surface area contributed by atoms with E-state index in [0.717, 1.165) is 31.1 Å². The van der Waals surface area contributed by atoms with Gasteiger partial charge in [0.25, 0.3) is 0 Å².